The Morgan fingerprint density at radius 1 is 1.25 bits per heavy atom. The molecule has 0 saturated heterocycles. The van der Waals surface area contributed by atoms with Gasteiger partial charge in [0, 0.05) is 20.0 Å². The second kappa shape index (κ2) is 6.96. The Kier molecular flexibility index (Phi) is 5.01. The van der Waals surface area contributed by atoms with Gasteiger partial charge in [-0.15, -0.1) is 0 Å². The van der Waals surface area contributed by atoms with E-state index in [0.29, 0.717) is 13.1 Å². The molecule has 0 unspecified atom stereocenters. The fourth-order valence-corrected chi connectivity index (χ4v) is 1.88. The van der Waals surface area contributed by atoms with Crippen LogP contribution in [0.1, 0.15) is 18.4 Å². The molecule has 0 aliphatic rings. The van der Waals surface area contributed by atoms with Crippen molar-refractivity contribution in [3.8, 4) is 0 Å². The molecular formula is C15H21N3O2. The lowest BCUT2D eigenvalue weighted by atomic mass is 10.3. The second-order valence-corrected chi connectivity index (χ2v) is 4.62. The van der Waals surface area contributed by atoms with Crippen molar-refractivity contribution in [3.05, 3.63) is 42.0 Å². The first-order chi connectivity index (χ1) is 9.72. The van der Waals surface area contributed by atoms with Crippen molar-refractivity contribution in [1.29, 1.82) is 0 Å². The topological polar surface area (TPSA) is 61.5 Å². The summed E-state index contributed by atoms with van der Waals surface area (Å²) in [5.74, 6) is 2.71. The number of nitrogens with one attached hydrogen (secondary N) is 1. The van der Waals surface area contributed by atoms with Crippen molar-refractivity contribution >= 4 is 11.5 Å². The zero-order valence-electron chi connectivity index (χ0n) is 12.0. The third kappa shape index (κ3) is 3.74. The number of rotatable bonds is 7. The largest absolute Gasteiger partial charge is 0.464 e. The van der Waals surface area contributed by atoms with Gasteiger partial charge in [0.25, 0.3) is 0 Å². The molecule has 0 aromatic carbocycles. The number of aryl methyl sites for hydroxylation is 1. The molecule has 0 aliphatic carbocycles. The van der Waals surface area contributed by atoms with Gasteiger partial charge in [0.05, 0.1) is 25.0 Å². The lowest BCUT2D eigenvalue weighted by Gasteiger charge is -2.17. The first-order valence-electron chi connectivity index (χ1n) is 6.82. The van der Waals surface area contributed by atoms with Gasteiger partial charge in [-0.3, -0.25) is 0 Å². The Morgan fingerprint density at radius 2 is 2.05 bits per heavy atom. The highest BCUT2D eigenvalue weighted by Gasteiger charge is 2.03. The molecule has 0 fully saturated rings. The van der Waals surface area contributed by atoms with Crippen LogP contribution in [0, 0.1) is 0 Å². The predicted molar refractivity (Wildman–Crippen MR) is 80.0 cm³/mol. The normalized spacial score (nSPS) is 10.6. The van der Waals surface area contributed by atoms with Crippen molar-refractivity contribution in [1.82, 2.24) is 4.98 Å². The van der Waals surface area contributed by atoms with Gasteiger partial charge in [0.2, 0.25) is 0 Å². The number of aliphatic hydroxyl groups excluding tert-OH is 1. The van der Waals surface area contributed by atoms with Crippen molar-refractivity contribution in [2.24, 2.45) is 0 Å². The first-order valence-corrected chi connectivity index (χ1v) is 6.82. The summed E-state index contributed by atoms with van der Waals surface area (Å²) in [6, 6.07) is 7.88. The van der Waals surface area contributed by atoms with Crippen LogP contribution in [0.3, 0.4) is 0 Å². The number of anilines is 2. The number of furan rings is 1. The van der Waals surface area contributed by atoms with E-state index >= 15 is 0 Å². The van der Waals surface area contributed by atoms with Crippen LogP contribution in [-0.2, 0) is 13.0 Å². The number of aromatic nitrogens is 1. The van der Waals surface area contributed by atoms with E-state index in [9.17, 15) is 0 Å². The van der Waals surface area contributed by atoms with E-state index < -0.39 is 0 Å². The molecule has 2 aromatic heterocycles. The molecule has 0 saturated carbocycles. The standard InChI is InChI=1S/C15H21N3O2/c1-3-13-5-6-14(20-13)11-17-15-7-4-12(10-16-15)18(2)8-9-19/h4-7,10,19H,3,8-9,11H2,1-2H3,(H,16,17). The zero-order valence-corrected chi connectivity index (χ0v) is 12.0. The summed E-state index contributed by atoms with van der Waals surface area (Å²) < 4.78 is 5.62. The van der Waals surface area contributed by atoms with Crippen LogP contribution in [0.5, 0.6) is 0 Å². The van der Waals surface area contributed by atoms with E-state index in [4.69, 9.17) is 9.52 Å². The van der Waals surface area contributed by atoms with Crippen LogP contribution in [0.2, 0.25) is 0 Å². The molecule has 20 heavy (non-hydrogen) atoms. The maximum atomic E-state index is 8.90. The monoisotopic (exact) mass is 275 g/mol. The minimum Gasteiger partial charge on any atom is -0.464 e. The summed E-state index contributed by atoms with van der Waals surface area (Å²) in [6.07, 6.45) is 2.70. The highest BCUT2D eigenvalue weighted by Crippen LogP contribution is 2.15. The SMILES string of the molecule is CCc1ccc(CNc2ccc(N(C)CCO)cn2)o1. The number of pyridine rings is 1. The van der Waals surface area contributed by atoms with Gasteiger partial charge in [0.15, 0.2) is 0 Å². The Hall–Kier alpha value is -2.01. The number of aliphatic hydroxyl groups is 1. The Bertz CT molecular complexity index is 522. The highest BCUT2D eigenvalue weighted by molar-refractivity contribution is 5.48. The van der Waals surface area contributed by atoms with E-state index in [1.165, 1.54) is 0 Å². The maximum absolute atomic E-state index is 8.90. The van der Waals surface area contributed by atoms with Gasteiger partial charge >= 0.3 is 0 Å². The fraction of sp³-hybridized carbons (Fsp3) is 0.400. The van der Waals surface area contributed by atoms with Crippen molar-refractivity contribution in [2.45, 2.75) is 19.9 Å². The van der Waals surface area contributed by atoms with Crippen LogP contribution in [0.25, 0.3) is 0 Å². The first kappa shape index (κ1) is 14.4. The molecule has 0 aliphatic heterocycles. The summed E-state index contributed by atoms with van der Waals surface area (Å²) in [6.45, 7) is 3.42. The number of hydrogen-bond acceptors (Lipinski definition) is 5. The Labute approximate surface area is 119 Å². The van der Waals surface area contributed by atoms with Gasteiger partial charge in [-0.05, 0) is 24.3 Å². The summed E-state index contributed by atoms with van der Waals surface area (Å²) in [7, 11) is 1.93. The fourth-order valence-electron chi connectivity index (χ4n) is 1.88. The van der Waals surface area contributed by atoms with Gasteiger partial charge in [-0.1, -0.05) is 6.92 Å². The third-order valence-corrected chi connectivity index (χ3v) is 3.13. The molecule has 0 amide bonds. The summed E-state index contributed by atoms with van der Waals surface area (Å²) in [5.41, 5.74) is 0.982. The minimum atomic E-state index is 0.134. The summed E-state index contributed by atoms with van der Waals surface area (Å²) >= 11 is 0. The van der Waals surface area contributed by atoms with E-state index in [0.717, 1.165) is 29.4 Å². The third-order valence-electron chi connectivity index (χ3n) is 3.13. The Balaban J connectivity index is 1.90. The molecule has 0 atom stereocenters. The van der Waals surface area contributed by atoms with Gasteiger partial charge < -0.3 is 19.7 Å². The molecular weight excluding hydrogens is 254 g/mol. The van der Waals surface area contributed by atoms with Gasteiger partial charge in [0.1, 0.15) is 17.3 Å². The number of likely N-dealkylation sites (N-methyl/N-ethyl adjacent to an activating group) is 1. The molecule has 2 rings (SSSR count). The lowest BCUT2D eigenvalue weighted by molar-refractivity contribution is 0.304. The van der Waals surface area contributed by atoms with Gasteiger partial charge in [-0.2, -0.15) is 0 Å². The van der Waals surface area contributed by atoms with Crippen molar-refractivity contribution in [3.63, 3.8) is 0 Å². The Morgan fingerprint density at radius 3 is 2.65 bits per heavy atom. The van der Waals surface area contributed by atoms with E-state index in [2.05, 4.69) is 17.2 Å². The second-order valence-electron chi connectivity index (χ2n) is 4.62. The van der Waals surface area contributed by atoms with Crippen LogP contribution in [-0.4, -0.2) is 30.3 Å². The minimum absolute atomic E-state index is 0.134. The van der Waals surface area contributed by atoms with Crippen LogP contribution in [0.15, 0.2) is 34.9 Å². The molecule has 5 heteroatoms. The number of hydrogen-bond donors (Lipinski definition) is 2. The lowest BCUT2D eigenvalue weighted by Crippen LogP contribution is -2.21. The van der Waals surface area contributed by atoms with E-state index in [-0.39, 0.29) is 6.61 Å². The predicted octanol–water partition coefficient (Wildman–Crippen LogP) is 2.28. The molecule has 2 aromatic rings. The smallest absolute Gasteiger partial charge is 0.126 e. The molecule has 0 spiro atoms. The summed E-state index contributed by atoms with van der Waals surface area (Å²) in [4.78, 5) is 6.30. The maximum Gasteiger partial charge on any atom is 0.126 e. The van der Waals surface area contributed by atoms with Crippen molar-refractivity contribution in [2.75, 3.05) is 30.4 Å². The molecule has 108 valence electrons. The van der Waals surface area contributed by atoms with Crippen LogP contribution in [0.4, 0.5) is 11.5 Å². The number of nitrogens with zero attached hydrogens (tertiary/aromatic N) is 2. The van der Waals surface area contributed by atoms with E-state index in [1.807, 2.05) is 36.2 Å². The van der Waals surface area contributed by atoms with Crippen molar-refractivity contribution < 1.29 is 9.52 Å². The molecule has 0 bridgehead atoms. The van der Waals surface area contributed by atoms with Crippen LogP contribution < -0.4 is 10.2 Å². The highest BCUT2D eigenvalue weighted by atomic mass is 16.3. The molecule has 5 nitrogen and oxygen atoms in total. The molecule has 0 radical (unpaired) electrons. The average molecular weight is 275 g/mol. The molecule has 2 N–H and O–H groups in total. The molecule has 2 heterocycles. The average Bonchev–Trinajstić information content (AvgIpc) is 2.94. The quantitative estimate of drug-likeness (QED) is 0.811. The zero-order chi connectivity index (χ0) is 14.4. The van der Waals surface area contributed by atoms with E-state index in [1.54, 1.807) is 6.20 Å². The summed E-state index contributed by atoms with van der Waals surface area (Å²) in [5, 5.41) is 12.1. The van der Waals surface area contributed by atoms with Gasteiger partial charge in [-0.25, -0.2) is 4.98 Å². The van der Waals surface area contributed by atoms with Crippen LogP contribution >= 0.6 is 0 Å².